The largest absolute Gasteiger partial charge is 0.143 e. The Bertz CT molecular complexity index is 866. The van der Waals surface area contributed by atoms with Gasteiger partial charge in [0, 0.05) is 24.5 Å². The van der Waals surface area contributed by atoms with E-state index in [0.717, 1.165) is 4.90 Å². The summed E-state index contributed by atoms with van der Waals surface area (Å²) >= 11 is 4.50. The van der Waals surface area contributed by atoms with Crippen LogP contribution in [0.3, 0.4) is 0 Å². The molecule has 4 aromatic carbocycles. The van der Waals surface area contributed by atoms with Gasteiger partial charge in [-0.2, -0.15) is 0 Å². The second kappa shape index (κ2) is 7.45. The summed E-state index contributed by atoms with van der Waals surface area (Å²) in [5.41, 5.74) is 0. The lowest BCUT2D eigenvalue weighted by Crippen LogP contribution is -2.04. The average Bonchev–Trinajstić information content (AvgIpc) is 2.72. The zero-order valence-corrected chi connectivity index (χ0v) is 16.0. The first kappa shape index (κ1) is 17.0. The molecule has 0 saturated carbocycles. The lowest BCUT2D eigenvalue weighted by atomic mass is 10.3. The second-order valence-electron chi connectivity index (χ2n) is 6.05. The highest BCUT2D eigenvalue weighted by Gasteiger charge is 2.32. The molecule has 0 unspecified atom stereocenters. The second-order valence-corrected chi connectivity index (χ2v) is 9.67. The van der Waals surface area contributed by atoms with Crippen molar-refractivity contribution in [1.82, 2.24) is 0 Å². The van der Waals surface area contributed by atoms with Gasteiger partial charge in [-0.25, -0.2) is 0 Å². The fraction of sp³-hybridized carbons (Fsp3) is 0. The molecule has 128 valence electrons. The van der Waals surface area contributed by atoms with Gasteiger partial charge in [0.1, 0.15) is 0 Å². The number of hydrogen-bond acceptors (Lipinski definition) is 1. The van der Waals surface area contributed by atoms with Gasteiger partial charge in [-0.1, -0.05) is 54.6 Å². The van der Waals surface area contributed by atoms with Gasteiger partial charge in [0.15, 0.2) is 0 Å². The van der Waals surface area contributed by atoms with E-state index in [2.05, 4.69) is 128 Å². The van der Waals surface area contributed by atoms with E-state index in [1.807, 2.05) is 0 Å². The van der Waals surface area contributed by atoms with Crippen molar-refractivity contribution >= 4 is 22.7 Å². The van der Waals surface area contributed by atoms with Gasteiger partial charge < -0.3 is 0 Å². The van der Waals surface area contributed by atoms with Crippen molar-refractivity contribution in [3.8, 4) is 0 Å². The minimum Gasteiger partial charge on any atom is -0.143 e. The molecule has 4 rings (SSSR count). The molecule has 0 radical (unpaired) electrons. The van der Waals surface area contributed by atoms with Crippen LogP contribution in [0.4, 0.5) is 0 Å². The van der Waals surface area contributed by atoms with Crippen LogP contribution in [0.15, 0.2) is 140 Å². The lowest BCUT2D eigenvalue weighted by molar-refractivity contribution is 1.23. The predicted octanol–water partition coefficient (Wildman–Crippen LogP) is 7.32. The minimum atomic E-state index is -1.56. The molecule has 4 aromatic rings. The number of hydrogen-bond donors (Lipinski definition) is 1. The molecule has 0 fully saturated rings. The molecule has 0 amide bonds. The first-order chi connectivity index (χ1) is 12.8. The van der Waals surface area contributed by atoms with Crippen LogP contribution in [0.2, 0.25) is 0 Å². The number of benzene rings is 4. The monoisotopic (exact) mass is 372 g/mol. The van der Waals surface area contributed by atoms with Crippen LogP contribution in [0, 0.1) is 0 Å². The van der Waals surface area contributed by atoms with Crippen molar-refractivity contribution < 1.29 is 0 Å². The third-order valence-corrected chi connectivity index (χ3v) is 8.70. The SMILES string of the molecule is Sc1ccc(S(c2ccccc2)(c2ccccc2)c2ccccc2)cc1. The summed E-state index contributed by atoms with van der Waals surface area (Å²) < 4.78 is 0. The van der Waals surface area contributed by atoms with Gasteiger partial charge in [0.25, 0.3) is 0 Å². The summed E-state index contributed by atoms with van der Waals surface area (Å²) in [7, 11) is -1.56. The van der Waals surface area contributed by atoms with Gasteiger partial charge in [-0.05, 0) is 60.7 Å². The Kier molecular flexibility index (Phi) is 4.87. The smallest absolute Gasteiger partial charge is 0.00407 e. The van der Waals surface area contributed by atoms with Crippen LogP contribution in [-0.2, 0) is 0 Å². The van der Waals surface area contributed by atoms with E-state index in [-0.39, 0.29) is 0 Å². The van der Waals surface area contributed by atoms with Crippen LogP contribution in [-0.4, -0.2) is 0 Å². The fourth-order valence-corrected chi connectivity index (χ4v) is 7.36. The standard InChI is InChI=1S/C24H20S2/c25-20-16-18-24(19-17-20)26(21-10-4-1-5-11-21,22-12-6-2-7-13-22)23-14-8-3-9-15-23/h1-19,25H. The van der Waals surface area contributed by atoms with E-state index in [0.29, 0.717) is 0 Å². The van der Waals surface area contributed by atoms with E-state index >= 15 is 0 Å². The molecule has 26 heavy (non-hydrogen) atoms. The molecule has 0 nitrogen and oxygen atoms in total. The molecule has 0 spiro atoms. The molecular formula is C24H20S2. The molecule has 0 saturated heterocycles. The summed E-state index contributed by atoms with van der Waals surface area (Å²) in [5, 5.41) is 0. The lowest BCUT2D eigenvalue weighted by Gasteiger charge is -2.42. The Labute approximate surface area is 162 Å². The van der Waals surface area contributed by atoms with Crippen molar-refractivity contribution in [2.45, 2.75) is 24.5 Å². The van der Waals surface area contributed by atoms with Crippen molar-refractivity contribution in [3.63, 3.8) is 0 Å². The normalized spacial score (nSPS) is 11.9. The number of rotatable bonds is 4. The van der Waals surface area contributed by atoms with Crippen molar-refractivity contribution in [3.05, 3.63) is 115 Å². The molecule has 0 bridgehead atoms. The molecule has 0 aliphatic rings. The zero-order chi connectivity index (χ0) is 17.8. The summed E-state index contributed by atoms with van der Waals surface area (Å²) in [5.74, 6) is 0. The van der Waals surface area contributed by atoms with Crippen LogP contribution >= 0.6 is 22.7 Å². The van der Waals surface area contributed by atoms with Crippen LogP contribution in [0.1, 0.15) is 0 Å². The third kappa shape index (κ3) is 2.96. The Morgan fingerprint density at radius 2 is 0.692 bits per heavy atom. The first-order valence-corrected chi connectivity index (χ1v) is 10.7. The number of thiol groups is 1. The average molecular weight is 373 g/mol. The minimum absolute atomic E-state index is 0.983. The Balaban J connectivity index is 2.12. The quantitative estimate of drug-likeness (QED) is 0.357. The third-order valence-electron chi connectivity index (χ3n) is 4.48. The molecule has 0 aromatic heterocycles. The topological polar surface area (TPSA) is 0 Å². The van der Waals surface area contributed by atoms with Crippen LogP contribution in [0.25, 0.3) is 0 Å². The maximum atomic E-state index is 4.50. The summed E-state index contributed by atoms with van der Waals surface area (Å²) in [6.07, 6.45) is 0. The van der Waals surface area contributed by atoms with E-state index < -0.39 is 10.0 Å². The van der Waals surface area contributed by atoms with Gasteiger partial charge >= 0.3 is 0 Å². The highest BCUT2D eigenvalue weighted by atomic mass is 32.3. The van der Waals surface area contributed by atoms with E-state index in [1.54, 1.807) is 0 Å². The molecule has 0 atom stereocenters. The maximum absolute atomic E-state index is 4.50. The van der Waals surface area contributed by atoms with Gasteiger partial charge in [0.2, 0.25) is 0 Å². The fourth-order valence-electron chi connectivity index (χ4n) is 3.34. The van der Waals surface area contributed by atoms with E-state index in [4.69, 9.17) is 0 Å². The van der Waals surface area contributed by atoms with E-state index in [1.165, 1.54) is 19.6 Å². The summed E-state index contributed by atoms with van der Waals surface area (Å²) in [6, 6.07) is 41.2. The predicted molar refractivity (Wildman–Crippen MR) is 114 cm³/mol. The van der Waals surface area contributed by atoms with Gasteiger partial charge in [-0.3, -0.25) is 0 Å². The zero-order valence-electron chi connectivity index (χ0n) is 14.3. The molecular weight excluding hydrogens is 352 g/mol. The highest BCUT2D eigenvalue weighted by molar-refractivity contribution is 8.34. The van der Waals surface area contributed by atoms with Gasteiger partial charge in [0.05, 0.1) is 0 Å². The highest BCUT2D eigenvalue weighted by Crippen LogP contribution is 2.73. The summed E-state index contributed by atoms with van der Waals surface area (Å²) in [6.45, 7) is 0. The molecule has 2 heteroatoms. The van der Waals surface area contributed by atoms with E-state index in [9.17, 15) is 0 Å². The molecule has 0 heterocycles. The van der Waals surface area contributed by atoms with Crippen molar-refractivity contribution in [2.24, 2.45) is 0 Å². The Morgan fingerprint density at radius 3 is 1.04 bits per heavy atom. The Hall–Kier alpha value is -2.42. The van der Waals surface area contributed by atoms with Gasteiger partial charge in [-0.15, -0.1) is 22.7 Å². The van der Waals surface area contributed by atoms with Crippen LogP contribution in [0.5, 0.6) is 0 Å². The summed E-state index contributed by atoms with van der Waals surface area (Å²) in [4.78, 5) is 6.31. The maximum Gasteiger partial charge on any atom is 0.00407 e. The molecule has 0 N–H and O–H groups in total. The first-order valence-electron chi connectivity index (χ1n) is 8.59. The van der Waals surface area contributed by atoms with Crippen LogP contribution < -0.4 is 0 Å². The molecule has 0 aliphatic heterocycles. The van der Waals surface area contributed by atoms with Crippen molar-refractivity contribution in [2.75, 3.05) is 0 Å². The van der Waals surface area contributed by atoms with Crippen molar-refractivity contribution in [1.29, 1.82) is 0 Å². The Morgan fingerprint density at radius 1 is 0.385 bits per heavy atom. The molecule has 0 aliphatic carbocycles.